The van der Waals surface area contributed by atoms with E-state index in [-0.39, 0.29) is 0 Å². The zero-order chi connectivity index (χ0) is 15.2. The fourth-order valence-corrected chi connectivity index (χ4v) is 2.44. The number of rotatable bonds is 6. The molecule has 0 saturated heterocycles. The van der Waals surface area contributed by atoms with Crippen LogP contribution in [-0.4, -0.2) is 13.1 Å². The smallest absolute Gasteiger partial charge is 0.0170 e. The molecule has 2 aromatic carbocycles. The normalized spacial score (nSPS) is 12.6. The van der Waals surface area contributed by atoms with Crippen LogP contribution in [0.15, 0.2) is 48.0 Å². The average molecular weight is 281 g/mol. The summed E-state index contributed by atoms with van der Waals surface area (Å²) in [4.78, 5) is 0. The molecule has 0 heterocycles. The molecule has 0 unspecified atom stereocenters. The number of hydrogen-bond donors (Lipinski definition) is 1. The Morgan fingerprint density at radius 2 is 1.71 bits per heavy atom. The Morgan fingerprint density at radius 1 is 1.00 bits per heavy atom. The molecule has 0 bridgehead atoms. The summed E-state index contributed by atoms with van der Waals surface area (Å²) in [5.41, 5.74) is 2.76. The van der Waals surface area contributed by atoms with Gasteiger partial charge >= 0.3 is 0 Å². The summed E-state index contributed by atoms with van der Waals surface area (Å²) in [6.45, 7) is 11.1. The number of nitrogens with one attached hydrogen (secondary N) is 1. The summed E-state index contributed by atoms with van der Waals surface area (Å²) in [6, 6.07) is 15.2. The second-order valence-corrected chi connectivity index (χ2v) is 6.51. The molecular weight excluding hydrogens is 254 g/mol. The van der Waals surface area contributed by atoms with Gasteiger partial charge < -0.3 is 5.32 Å². The lowest BCUT2D eigenvalue weighted by Crippen LogP contribution is -2.23. The van der Waals surface area contributed by atoms with Gasteiger partial charge in [0, 0.05) is 6.54 Å². The van der Waals surface area contributed by atoms with Gasteiger partial charge in [-0.3, -0.25) is 0 Å². The first kappa shape index (κ1) is 15.8. The second-order valence-electron chi connectivity index (χ2n) is 6.51. The van der Waals surface area contributed by atoms with Crippen LogP contribution in [-0.2, 0) is 0 Å². The van der Waals surface area contributed by atoms with E-state index in [0.29, 0.717) is 11.8 Å². The summed E-state index contributed by atoms with van der Waals surface area (Å²) in [5.74, 6) is 1.26. The van der Waals surface area contributed by atoms with Gasteiger partial charge in [-0.2, -0.15) is 0 Å². The van der Waals surface area contributed by atoms with Crippen molar-refractivity contribution in [3.05, 3.63) is 53.6 Å². The van der Waals surface area contributed by atoms with E-state index in [4.69, 9.17) is 0 Å². The quantitative estimate of drug-likeness (QED) is 0.774. The van der Waals surface area contributed by atoms with Crippen molar-refractivity contribution in [3.8, 4) is 0 Å². The lowest BCUT2D eigenvalue weighted by molar-refractivity contribution is 0.558. The van der Waals surface area contributed by atoms with Gasteiger partial charge in [-0.15, -0.1) is 0 Å². The van der Waals surface area contributed by atoms with Gasteiger partial charge in [0.25, 0.3) is 0 Å². The minimum Gasteiger partial charge on any atom is -0.313 e. The van der Waals surface area contributed by atoms with Crippen LogP contribution in [0.4, 0.5) is 0 Å². The fourth-order valence-electron chi connectivity index (χ4n) is 2.44. The molecule has 0 atom stereocenters. The van der Waals surface area contributed by atoms with Gasteiger partial charge in [-0.1, -0.05) is 75.7 Å². The lowest BCUT2D eigenvalue weighted by Gasteiger charge is -2.14. The number of benzene rings is 2. The minimum absolute atomic E-state index is 0.566. The van der Waals surface area contributed by atoms with Gasteiger partial charge in [-0.25, -0.2) is 0 Å². The zero-order valence-electron chi connectivity index (χ0n) is 13.7. The molecule has 0 fully saturated rings. The van der Waals surface area contributed by atoms with E-state index in [1.54, 1.807) is 0 Å². The molecule has 2 rings (SSSR count). The highest BCUT2D eigenvalue weighted by Crippen LogP contribution is 2.19. The van der Waals surface area contributed by atoms with E-state index in [2.05, 4.69) is 81.6 Å². The molecule has 21 heavy (non-hydrogen) atoms. The van der Waals surface area contributed by atoms with Crippen LogP contribution in [0, 0.1) is 11.8 Å². The molecule has 1 nitrogen and oxygen atoms in total. The standard InChI is InChI=1S/C20H27N/c1-15(2)13-21-14-20(16(3)4)12-17-9-10-18-7-5-6-8-19(18)11-17/h5-12,15-16,21H,13-14H2,1-4H3. The molecule has 0 aromatic heterocycles. The number of hydrogen-bond acceptors (Lipinski definition) is 1. The van der Waals surface area contributed by atoms with E-state index in [9.17, 15) is 0 Å². The van der Waals surface area contributed by atoms with E-state index < -0.39 is 0 Å². The monoisotopic (exact) mass is 281 g/mol. The summed E-state index contributed by atoms with van der Waals surface area (Å²) in [5, 5.41) is 6.17. The predicted molar refractivity (Wildman–Crippen MR) is 94.5 cm³/mol. The molecule has 0 radical (unpaired) electrons. The molecule has 1 heteroatoms. The Hall–Kier alpha value is -1.60. The van der Waals surface area contributed by atoms with Crippen LogP contribution in [0.5, 0.6) is 0 Å². The molecule has 0 aliphatic carbocycles. The van der Waals surface area contributed by atoms with Crippen LogP contribution in [0.25, 0.3) is 16.8 Å². The minimum atomic E-state index is 0.566. The largest absolute Gasteiger partial charge is 0.313 e. The molecular formula is C20H27N. The maximum atomic E-state index is 3.56. The molecule has 0 aliphatic rings. The van der Waals surface area contributed by atoms with Gasteiger partial charge in [0.2, 0.25) is 0 Å². The second kappa shape index (κ2) is 7.42. The van der Waals surface area contributed by atoms with E-state index in [1.165, 1.54) is 21.9 Å². The molecule has 1 N–H and O–H groups in total. The molecule has 0 amide bonds. The SMILES string of the molecule is CC(C)CNCC(=Cc1ccc2ccccc2c1)C(C)C. The Labute approximate surface area is 129 Å². The Bertz CT molecular complexity index is 608. The topological polar surface area (TPSA) is 12.0 Å². The first-order valence-electron chi connectivity index (χ1n) is 7.96. The third kappa shape index (κ3) is 4.71. The van der Waals surface area contributed by atoms with Crippen LogP contribution >= 0.6 is 0 Å². The van der Waals surface area contributed by atoms with Crippen molar-refractivity contribution >= 4 is 16.8 Å². The molecule has 112 valence electrons. The van der Waals surface area contributed by atoms with E-state index in [0.717, 1.165) is 13.1 Å². The third-order valence-corrected chi connectivity index (χ3v) is 3.75. The summed E-state index contributed by atoms with van der Waals surface area (Å²) < 4.78 is 0. The van der Waals surface area contributed by atoms with Crippen LogP contribution in [0.2, 0.25) is 0 Å². The van der Waals surface area contributed by atoms with Crippen molar-refractivity contribution in [1.82, 2.24) is 5.32 Å². The zero-order valence-corrected chi connectivity index (χ0v) is 13.7. The molecule has 0 saturated carbocycles. The van der Waals surface area contributed by atoms with Crippen molar-refractivity contribution in [2.45, 2.75) is 27.7 Å². The molecule has 2 aromatic rings. The Balaban J connectivity index is 2.18. The van der Waals surface area contributed by atoms with Crippen LogP contribution < -0.4 is 5.32 Å². The maximum absolute atomic E-state index is 3.56. The van der Waals surface area contributed by atoms with Gasteiger partial charge in [-0.05, 0) is 40.8 Å². The predicted octanol–water partition coefficient (Wildman–Crippen LogP) is 5.12. The lowest BCUT2D eigenvalue weighted by atomic mass is 9.98. The van der Waals surface area contributed by atoms with Gasteiger partial charge in [0.05, 0.1) is 0 Å². The van der Waals surface area contributed by atoms with E-state index in [1.807, 2.05) is 0 Å². The fraction of sp³-hybridized carbons (Fsp3) is 0.400. The van der Waals surface area contributed by atoms with Gasteiger partial charge in [0.15, 0.2) is 0 Å². The van der Waals surface area contributed by atoms with E-state index >= 15 is 0 Å². The summed E-state index contributed by atoms with van der Waals surface area (Å²) in [6.07, 6.45) is 2.34. The van der Waals surface area contributed by atoms with Gasteiger partial charge in [0.1, 0.15) is 0 Å². The summed E-state index contributed by atoms with van der Waals surface area (Å²) in [7, 11) is 0. The van der Waals surface area contributed by atoms with Crippen molar-refractivity contribution in [3.63, 3.8) is 0 Å². The van der Waals surface area contributed by atoms with Crippen LogP contribution in [0.1, 0.15) is 33.3 Å². The highest BCUT2D eigenvalue weighted by Gasteiger charge is 2.04. The van der Waals surface area contributed by atoms with Crippen molar-refractivity contribution in [1.29, 1.82) is 0 Å². The first-order valence-corrected chi connectivity index (χ1v) is 7.96. The molecule has 0 aliphatic heterocycles. The van der Waals surface area contributed by atoms with Crippen molar-refractivity contribution < 1.29 is 0 Å². The average Bonchev–Trinajstić information content (AvgIpc) is 2.45. The highest BCUT2D eigenvalue weighted by atomic mass is 14.9. The van der Waals surface area contributed by atoms with Crippen molar-refractivity contribution in [2.75, 3.05) is 13.1 Å². The number of fused-ring (bicyclic) bond motifs is 1. The summed E-state index contributed by atoms with van der Waals surface area (Å²) >= 11 is 0. The maximum Gasteiger partial charge on any atom is 0.0170 e. The molecule has 0 spiro atoms. The highest BCUT2D eigenvalue weighted by molar-refractivity contribution is 5.84. The van der Waals surface area contributed by atoms with Crippen LogP contribution in [0.3, 0.4) is 0 Å². The third-order valence-electron chi connectivity index (χ3n) is 3.75. The van der Waals surface area contributed by atoms with Crippen molar-refractivity contribution in [2.24, 2.45) is 11.8 Å². The Morgan fingerprint density at radius 3 is 2.38 bits per heavy atom. The first-order chi connectivity index (χ1) is 10.1. The Kier molecular flexibility index (Phi) is 5.58.